The Morgan fingerprint density at radius 2 is 0.630 bits per heavy atom. The lowest BCUT2D eigenvalue weighted by Gasteiger charge is -2.24. The van der Waals surface area contributed by atoms with E-state index >= 15 is 0 Å². The van der Waals surface area contributed by atoms with Gasteiger partial charge in [-0.15, -0.1) is 0 Å². The lowest BCUT2D eigenvalue weighted by atomic mass is 10.1. The van der Waals surface area contributed by atoms with E-state index in [0.29, 0.717) is 33.4 Å². The van der Waals surface area contributed by atoms with Crippen molar-refractivity contribution in [3.8, 4) is 0 Å². The molecule has 100 heavy (non-hydrogen) atoms. The molecule has 0 saturated carbocycles. The molecule has 2 atom stereocenters. The zero-order valence-electron chi connectivity index (χ0n) is 54.7. The van der Waals surface area contributed by atoms with Crippen molar-refractivity contribution in [3.05, 3.63) is 250 Å². The topological polar surface area (TPSA) is 286 Å². The third kappa shape index (κ3) is 28.0. The first-order valence-corrected chi connectivity index (χ1v) is 32.3. The minimum Gasteiger partial charge on any atom is -0.459 e. The van der Waals surface area contributed by atoms with Crippen molar-refractivity contribution in [1.82, 2.24) is 41.7 Å². The number of amides is 8. The van der Waals surface area contributed by atoms with E-state index in [1.54, 1.807) is 84.9 Å². The average Bonchev–Trinajstić information content (AvgIpc) is 0.832. The molecule has 0 aromatic heterocycles. The fraction of sp³-hybridized carbons (Fsp3) is 0.297. The molecule has 0 fully saturated rings. The molecule has 22 nitrogen and oxygen atoms in total. The number of carbonyl (C=O) groups is 10. The van der Waals surface area contributed by atoms with Crippen LogP contribution >= 0.6 is 0 Å². The highest BCUT2D eigenvalue weighted by atomic mass is 19.1. The predicted octanol–water partition coefficient (Wildman–Crippen LogP) is 8.50. The standard InChI is InChI=1S/C74H78F4N8O14/c75-59-28-20-51(21-29-59)36-40-81-67(89)45-85(43-65(87)79-38-9-7-18-63(71(93)97-47-55-24-32-61(77)33-25-55)83-73(95)99-49-53-12-3-1-4-13-53)69(91)57-16-11-17-58(42-57)70(92)86(46-68(90)82-41-37-52-22-30-60(76)31-23-52)44-66(88)80-39-10-8-19-64(72(94)98-48-56-26-34-62(78)35-27-56)84-74(96)100-50-54-14-5-2-6-15-54/h1-6,11-17,20-35,42,63-64H,7-10,18-19,36-41,43-50H2,(H,79,87)(H,80,88)(H,81,89)(H,82,90)(H,83,95)(H,84,96)/t63-,64-/m0/s1. The Kier molecular flexibility index (Phi) is 31.1. The van der Waals surface area contributed by atoms with Crippen LogP contribution in [0.25, 0.3) is 0 Å². The lowest BCUT2D eigenvalue weighted by Crippen LogP contribution is -2.47. The quantitative estimate of drug-likeness (QED) is 0.00916. The fourth-order valence-corrected chi connectivity index (χ4v) is 9.85. The molecule has 0 radical (unpaired) electrons. The van der Waals surface area contributed by atoms with Crippen molar-refractivity contribution < 1.29 is 84.5 Å². The SMILES string of the molecule is O=C(CN(CC(=O)NCCc1ccc(F)cc1)C(=O)c1cccc(C(=O)N(CC(=O)NCCCC[C@H](NC(=O)OCc2ccccc2)C(=O)OCc2ccc(F)cc2)CC(=O)NCCc2ccc(F)cc2)c1)NCCCC[C@H](NC(=O)OCc1ccccc1)C(=O)OCc1ccc(F)cc1. The summed E-state index contributed by atoms with van der Waals surface area (Å²) in [6.07, 6.45) is -0.198. The summed E-state index contributed by atoms with van der Waals surface area (Å²) in [5, 5.41) is 15.9. The summed E-state index contributed by atoms with van der Waals surface area (Å²) in [6.45, 7) is -3.17. The van der Waals surface area contributed by atoms with Crippen LogP contribution in [0.1, 0.15) is 92.6 Å². The number of esters is 2. The molecule has 26 heteroatoms. The summed E-state index contributed by atoms with van der Waals surface area (Å²) >= 11 is 0. The highest BCUT2D eigenvalue weighted by Gasteiger charge is 2.28. The van der Waals surface area contributed by atoms with E-state index in [0.717, 1.165) is 9.80 Å². The summed E-state index contributed by atoms with van der Waals surface area (Å²) < 4.78 is 76.0. The Hall–Kier alpha value is -11.4. The predicted molar refractivity (Wildman–Crippen MR) is 358 cm³/mol. The number of nitrogens with one attached hydrogen (secondary N) is 6. The maximum Gasteiger partial charge on any atom is 0.408 e. The van der Waals surface area contributed by atoms with Crippen LogP contribution in [0.5, 0.6) is 0 Å². The van der Waals surface area contributed by atoms with Gasteiger partial charge >= 0.3 is 24.1 Å². The van der Waals surface area contributed by atoms with Gasteiger partial charge in [-0.25, -0.2) is 36.7 Å². The van der Waals surface area contributed by atoms with Crippen LogP contribution in [0.3, 0.4) is 0 Å². The monoisotopic (exact) mass is 1380 g/mol. The van der Waals surface area contributed by atoms with Gasteiger partial charge in [-0.2, -0.15) is 0 Å². The molecule has 0 heterocycles. The number of hydrogen-bond donors (Lipinski definition) is 6. The van der Waals surface area contributed by atoms with Crippen molar-refractivity contribution in [2.45, 2.75) is 89.9 Å². The molecule has 0 bridgehead atoms. The van der Waals surface area contributed by atoms with Gasteiger partial charge in [0.2, 0.25) is 23.6 Å². The fourth-order valence-electron chi connectivity index (χ4n) is 9.85. The van der Waals surface area contributed by atoms with Crippen molar-refractivity contribution >= 4 is 59.6 Å². The van der Waals surface area contributed by atoms with Crippen LogP contribution in [0.15, 0.2) is 182 Å². The molecule has 0 aliphatic heterocycles. The van der Waals surface area contributed by atoms with Gasteiger partial charge in [-0.1, -0.05) is 115 Å². The third-order valence-corrected chi connectivity index (χ3v) is 15.2. The van der Waals surface area contributed by atoms with Gasteiger partial charge < -0.3 is 60.6 Å². The average molecular weight is 1380 g/mol. The van der Waals surface area contributed by atoms with Crippen molar-refractivity contribution in [2.75, 3.05) is 52.4 Å². The van der Waals surface area contributed by atoms with Crippen molar-refractivity contribution in [1.29, 1.82) is 0 Å². The molecule has 7 aromatic rings. The highest BCUT2D eigenvalue weighted by molar-refractivity contribution is 6.03. The van der Waals surface area contributed by atoms with E-state index in [1.807, 2.05) is 0 Å². The minimum absolute atomic E-state index is 0.00285. The molecule has 8 amide bonds. The van der Waals surface area contributed by atoms with Gasteiger partial charge in [-0.05, 0) is 151 Å². The van der Waals surface area contributed by atoms with Crippen LogP contribution in [0.2, 0.25) is 0 Å². The Balaban J connectivity index is 0.994. The van der Waals surface area contributed by atoms with Crippen LogP contribution in [-0.2, 0) is 87.0 Å². The number of alkyl carbamates (subject to hydrolysis) is 2. The molecule has 0 unspecified atom stereocenters. The summed E-state index contributed by atoms with van der Waals surface area (Å²) in [4.78, 5) is 138. The second-order valence-corrected chi connectivity index (χ2v) is 23.0. The highest BCUT2D eigenvalue weighted by Crippen LogP contribution is 2.16. The molecule has 7 aromatic carbocycles. The smallest absolute Gasteiger partial charge is 0.408 e. The second-order valence-electron chi connectivity index (χ2n) is 23.0. The van der Waals surface area contributed by atoms with E-state index < -0.39 is 121 Å². The Morgan fingerprint density at radius 1 is 0.330 bits per heavy atom. The number of halogens is 4. The van der Waals surface area contributed by atoms with E-state index in [2.05, 4.69) is 31.9 Å². The molecule has 0 spiro atoms. The number of rotatable bonds is 38. The van der Waals surface area contributed by atoms with Gasteiger partial charge in [0.15, 0.2) is 0 Å². The maximum atomic E-state index is 14.6. The molecule has 0 saturated heterocycles. The molecular formula is C74H78F4N8O14. The Morgan fingerprint density at radius 3 is 0.970 bits per heavy atom. The number of carbonyl (C=O) groups excluding carboxylic acids is 10. The molecule has 526 valence electrons. The normalized spacial score (nSPS) is 11.3. The third-order valence-electron chi connectivity index (χ3n) is 15.2. The minimum atomic E-state index is -1.20. The van der Waals surface area contributed by atoms with Crippen LogP contribution in [0, 0.1) is 23.3 Å². The lowest BCUT2D eigenvalue weighted by molar-refractivity contribution is -0.148. The number of benzene rings is 7. The number of hydrogen-bond acceptors (Lipinski definition) is 14. The largest absolute Gasteiger partial charge is 0.459 e. The zero-order valence-corrected chi connectivity index (χ0v) is 54.7. The van der Waals surface area contributed by atoms with E-state index in [-0.39, 0.29) is 115 Å². The number of ether oxygens (including phenoxy) is 4. The van der Waals surface area contributed by atoms with E-state index in [9.17, 15) is 65.5 Å². The second kappa shape index (κ2) is 41.0. The number of nitrogens with zero attached hydrogens (tertiary/aromatic N) is 2. The maximum absolute atomic E-state index is 14.6. The first kappa shape index (κ1) is 75.9. The van der Waals surface area contributed by atoms with Crippen molar-refractivity contribution in [3.63, 3.8) is 0 Å². The van der Waals surface area contributed by atoms with Gasteiger partial charge in [0.05, 0.1) is 0 Å². The Labute approximate surface area is 575 Å². The molecular weight excluding hydrogens is 1300 g/mol. The van der Waals surface area contributed by atoms with Gasteiger partial charge in [0.25, 0.3) is 11.8 Å². The van der Waals surface area contributed by atoms with Crippen molar-refractivity contribution in [2.24, 2.45) is 0 Å². The first-order chi connectivity index (χ1) is 48.3. The first-order valence-electron chi connectivity index (χ1n) is 32.3. The number of unbranched alkanes of at least 4 members (excludes halogenated alkanes) is 2. The van der Waals surface area contributed by atoms with Gasteiger partial charge in [0.1, 0.15) is 88.0 Å². The summed E-state index contributed by atoms with van der Waals surface area (Å²) in [7, 11) is 0. The van der Waals surface area contributed by atoms with E-state index in [1.165, 1.54) is 97.1 Å². The molecule has 7 rings (SSSR count). The molecule has 0 aliphatic rings. The molecule has 0 aliphatic carbocycles. The van der Waals surface area contributed by atoms with E-state index in [4.69, 9.17) is 18.9 Å². The van der Waals surface area contributed by atoms with Crippen LogP contribution in [0.4, 0.5) is 27.2 Å². The van der Waals surface area contributed by atoms with Gasteiger partial charge in [0, 0.05) is 37.3 Å². The molecule has 6 N–H and O–H groups in total. The zero-order chi connectivity index (χ0) is 71.4. The summed E-state index contributed by atoms with van der Waals surface area (Å²) in [5.74, 6) is -8.01. The van der Waals surface area contributed by atoms with Crippen LogP contribution in [-0.4, -0.2) is 134 Å². The summed E-state index contributed by atoms with van der Waals surface area (Å²) in [5.41, 5.74) is 3.44. The summed E-state index contributed by atoms with van der Waals surface area (Å²) in [6, 6.07) is 42.3. The van der Waals surface area contributed by atoms with Gasteiger partial charge in [-0.3, -0.25) is 28.8 Å². The Bertz CT molecular complexity index is 3580. The van der Waals surface area contributed by atoms with Crippen LogP contribution < -0.4 is 31.9 Å².